The number of aliphatic hydroxyl groups excluding tert-OH is 2. The van der Waals surface area contributed by atoms with E-state index in [2.05, 4.69) is 0 Å². The number of benzene rings is 2. The van der Waals surface area contributed by atoms with Crippen molar-refractivity contribution in [2.45, 2.75) is 62.6 Å². The van der Waals surface area contributed by atoms with Gasteiger partial charge < -0.3 is 19.7 Å². The molecule has 3 atom stereocenters. The third-order valence-corrected chi connectivity index (χ3v) is 10.6. The van der Waals surface area contributed by atoms with Crippen LogP contribution >= 0.6 is 0 Å². The zero-order valence-electron chi connectivity index (χ0n) is 20.2. The second-order valence-corrected chi connectivity index (χ2v) is 14.5. The number of halogens is 2. The van der Waals surface area contributed by atoms with Gasteiger partial charge in [-0.05, 0) is 23.7 Å². The number of carbonyl (C=O) groups is 3. The highest BCUT2D eigenvalue weighted by atomic mass is 28.4. The van der Waals surface area contributed by atoms with Crippen LogP contribution in [0.3, 0.4) is 0 Å². The van der Waals surface area contributed by atoms with Gasteiger partial charge in [-0.1, -0.05) is 81.4 Å². The van der Waals surface area contributed by atoms with Crippen molar-refractivity contribution in [1.82, 2.24) is 0 Å². The van der Waals surface area contributed by atoms with Crippen LogP contribution in [0.5, 0.6) is 0 Å². The number of hydrogen-bond donors (Lipinski definition) is 3. The third kappa shape index (κ3) is 5.40. The van der Waals surface area contributed by atoms with Crippen LogP contribution in [0, 0.1) is 0 Å². The van der Waals surface area contributed by atoms with Crippen LogP contribution in [0.25, 0.3) is 0 Å². The highest BCUT2D eigenvalue weighted by Crippen LogP contribution is 2.41. The van der Waals surface area contributed by atoms with Crippen molar-refractivity contribution in [3.8, 4) is 0 Å². The summed E-state index contributed by atoms with van der Waals surface area (Å²) in [5.74, 6) is -11.3. The molecule has 2 aromatic rings. The predicted molar refractivity (Wildman–Crippen MR) is 126 cm³/mol. The normalized spacial score (nSPS) is 16.1. The maximum Gasteiger partial charge on any atom is 0.384 e. The molecule has 0 aliphatic carbocycles. The summed E-state index contributed by atoms with van der Waals surface area (Å²) in [6.45, 7) is 8.02. The fourth-order valence-electron chi connectivity index (χ4n) is 2.99. The van der Waals surface area contributed by atoms with E-state index < -0.39 is 60.2 Å². The van der Waals surface area contributed by atoms with Gasteiger partial charge in [0.25, 0.3) is 13.9 Å². The summed E-state index contributed by atoms with van der Waals surface area (Å²) in [4.78, 5) is 39.0. The molecule has 0 aliphatic heterocycles. The van der Waals surface area contributed by atoms with Gasteiger partial charge in [-0.2, -0.15) is 8.78 Å². The Morgan fingerprint density at radius 3 is 1.80 bits per heavy atom. The van der Waals surface area contributed by atoms with Gasteiger partial charge in [-0.3, -0.25) is 9.59 Å². The maximum absolute atomic E-state index is 15.7. The molecule has 2 aromatic carbocycles. The van der Waals surface area contributed by atoms with E-state index >= 15 is 8.78 Å². The molecular formula is C25H30F2O7Si. The molecule has 10 heteroatoms. The van der Waals surface area contributed by atoms with Crippen LogP contribution in [-0.2, 0) is 14.0 Å². The molecule has 2 unspecified atom stereocenters. The van der Waals surface area contributed by atoms with Gasteiger partial charge in [0, 0.05) is 5.56 Å². The summed E-state index contributed by atoms with van der Waals surface area (Å²) < 4.78 is 36.4. The molecular weight excluding hydrogens is 478 g/mol. The smallest absolute Gasteiger partial charge is 0.384 e. The first-order valence-corrected chi connectivity index (χ1v) is 13.8. The van der Waals surface area contributed by atoms with Gasteiger partial charge in [0.05, 0.1) is 0 Å². The fourth-order valence-corrected chi connectivity index (χ4v) is 3.89. The molecule has 0 bridgehead atoms. The maximum atomic E-state index is 15.7. The van der Waals surface area contributed by atoms with E-state index in [9.17, 15) is 29.7 Å². The van der Waals surface area contributed by atoms with E-state index in [0.29, 0.717) is 0 Å². The number of rotatable bonds is 9. The van der Waals surface area contributed by atoms with Gasteiger partial charge in [0.2, 0.25) is 11.6 Å². The SMILES string of the molecule is CC(C)(C)[Si](C)(C)OC(=O)C(F)(F)[C@@](O)(C(=O)c1ccccc1)C(=O)C(O)C(O)c1ccccc1. The lowest BCUT2D eigenvalue weighted by molar-refractivity contribution is -0.201. The van der Waals surface area contributed by atoms with Crippen LogP contribution in [0.4, 0.5) is 8.78 Å². The average Bonchev–Trinajstić information content (AvgIpc) is 2.81. The molecule has 0 aliphatic rings. The van der Waals surface area contributed by atoms with Crippen LogP contribution in [0.2, 0.25) is 18.1 Å². The minimum absolute atomic E-state index is 0.0324. The van der Waals surface area contributed by atoms with Gasteiger partial charge in [0.15, 0.2) is 0 Å². The van der Waals surface area contributed by atoms with E-state index in [0.717, 1.165) is 12.1 Å². The number of hydrogen-bond acceptors (Lipinski definition) is 7. The minimum atomic E-state index is -5.09. The highest BCUT2D eigenvalue weighted by Gasteiger charge is 2.70. The van der Waals surface area contributed by atoms with Gasteiger partial charge >= 0.3 is 11.9 Å². The van der Waals surface area contributed by atoms with Crippen LogP contribution in [-0.4, -0.2) is 58.8 Å². The standard InChI is InChI=1S/C25H30F2O7Si/c1-23(2,3)35(4,5)34-22(32)25(26,27)24(33,20(30)17-14-10-7-11-15-17)21(31)19(29)18(28)16-12-8-6-9-13-16/h6-15,18-19,28-29,33H,1-5H3/t18?,19?,24-/m1/s1. The van der Waals surface area contributed by atoms with Crippen molar-refractivity contribution in [3.63, 3.8) is 0 Å². The Bertz CT molecular complexity index is 1070. The first-order chi connectivity index (χ1) is 16.0. The topological polar surface area (TPSA) is 121 Å². The number of aliphatic hydroxyl groups is 3. The van der Waals surface area contributed by atoms with Crippen LogP contribution in [0.1, 0.15) is 42.8 Å². The molecule has 2 rings (SSSR count). The molecule has 35 heavy (non-hydrogen) atoms. The van der Waals surface area contributed by atoms with Gasteiger partial charge in [-0.15, -0.1) is 0 Å². The average molecular weight is 509 g/mol. The van der Waals surface area contributed by atoms with E-state index in [-0.39, 0.29) is 5.56 Å². The van der Waals surface area contributed by atoms with Gasteiger partial charge in [-0.25, -0.2) is 4.79 Å². The molecule has 0 saturated carbocycles. The van der Waals surface area contributed by atoms with Crippen molar-refractivity contribution < 1.29 is 42.9 Å². The summed E-state index contributed by atoms with van der Waals surface area (Å²) in [6.07, 6.45) is -4.73. The lowest BCUT2D eigenvalue weighted by Crippen LogP contribution is -2.67. The van der Waals surface area contributed by atoms with E-state index in [4.69, 9.17) is 4.43 Å². The first-order valence-electron chi connectivity index (χ1n) is 10.9. The summed E-state index contributed by atoms with van der Waals surface area (Å²) in [5.41, 5.74) is -4.90. The zero-order valence-corrected chi connectivity index (χ0v) is 21.2. The lowest BCUT2D eigenvalue weighted by Gasteiger charge is -2.39. The van der Waals surface area contributed by atoms with Crippen molar-refractivity contribution >= 4 is 25.9 Å². The number of carbonyl (C=O) groups excluding carboxylic acids is 3. The Kier molecular flexibility index (Phi) is 8.17. The Hall–Kier alpha value is -2.79. The monoisotopic (exact) mass is 508 g/mol. The molecule has 0 spiro atoms. The van der Waals surface area contributed by atoms with Crippen LogP contribution < -0.4 is 0 Å². The third-order valence-electron chi connectivity index (χ3n) is 6.29. The highest BCUT2D eigenvalue weighted by molar-refractivity contribution is 6.75. The largest absolute Gasteiger partial charge is 0.515 e. The van der Waals surface area contributed by atoms with E-state index in [1.165, 1.54) is 55.6 Å². The Balaban J connectivity index is 2.60. The summed E-state index contributed by atoms with van der Waals surface area (Å²) in [6, 6.07) is 13.3. The molecule has 190 valence electrons. The number of alkyl halides is 2. The summed E-state index contributed by atoms with van der Waals surface area (Å²) in [7, 11) is -3.18. The molecule has 0 fully saturated rings. The summed E-state index contributed by atoms with van der Waals surface area (Å²) in [5, 5.41) is 31.3. The predicted octanol–water partition coefficient (Wildman–Crippen LogP) is 3.45. The molecule has 0 heterocycles. The minimum Gasteiger partial charge on any atom is -0.515 e. The zero-order chi connectivity index (χ0) is 26.8. The van der Waals surface area contributed by atoms with Crippen molar-refractivity contribution in [2.24, 2.45) is 0 Å². The van der Waals surface area contributed by atoms with Crippen molar-refractivity contribution in [1.29, 1.82) is 0 Å². The van der Waals surface area contributed by atoms with Crippen molar-refractivity contribution in [3.05, 3.63) is 71.8 Å². The molecule has 0 saturated heterocycles. The second-order valence-electron chi connectivity index (χ2n) is 9.79. The number of ketones is 2. The van der Waals surface area contributed by atoms with Crippen LogP contribution in [0.15, 0.2) is 60.7 Å². The molecule has 0 radical (unpaired) electrons. The molecule has 7 nitrogen and oxygen atoms in total. The molecule has 0 amide bonds. The number of Topliss-reactive ketones (excluding diaryl/α,β-unsaturated/α-hetero) is 2. The Morgan fingerprint density at radius 2 is 1.34 bits per heavy atom. The quantitative estimate of drug-likeness (QED) is 0.270. The molecule has 3 N–H and O–H groups in total. The fraction of sp³-hybridized carbons (Fsp3) is 0.400. The summed E-state index contributed by atoms with van der Waals surface area (Å²) >= 11 is 0. The van der Waals surface area contributed by atoms with E-state index in [1.54, 1.807) is 26.8 Å². The molecule has 0 aromatic heterocycles. The second kappa shape index (κ2) is 10.1. The Morgan fingerprint density at radius 1 is 0.886 bits per heavy atom. The first kappa shape index (κ1) is 28.4. The lowest BCUT2D eigenvalue weighted by atomic mass is 9.79. The van der Waals surface area contributed by atoms with Gasteiger partial charge in [0.1, 0.15) is 12.2 Å². The van der Waals surface area contributed by atoms with Crippen molar-refractivity contribution in [2.75, 3.05) is 0 Å². The Labute approximate surface area is 203 Å². The van der Waals surface area contributed by atoms with E-state index in [1.807, 2.05) is 0 Å².